The molecule has 7 heteroatoms. The third-order valence-corrected chi connectivity index (χ3v) is 6.25. The van der Waals surface area contributed by atoms with E-state index in [4.69, 9.17) is 16.6 Å². The Bertz CT molecular complexity index is 778. The summed E-state index contributed by atoms with van der Waals surface area (Å²) in [5, 5.41) is 9.97. The monoisotopic (exact) mass is 389 g/mol. The van der Waals surface area contributed by atoms with Gasteiger partial charge in [-0.3, -0.25) is 9.79 Å². The van der Waals surface area contributed by atoms with Crippen molar-refractivity contribution in [3.05, 3.63) is 34.9 Å². The predicted octanol–water partition coefficient (Wildman–Crippen LogP) is 2.91. The third kappa shape index (κ3) is 3.55. The molecule has 1 N–H and O–H groups in total. The van der Waals surface area contributed by atoms with Gasteiger partial charge in [0.05, 0.1) is 10.6 Å². The number of nitrogens with zero attached hydrogens (tertiary/aromatic N) is 3. The maximum Gasteiger partial charge on any atom is 0.331 e. The van der Waals surface area contributed by atoms with Crippen LogP contribution < -0.4 is 0 Å². The minimum Gasteiger partial charge on any atom is -0.479 e. The zero-order valence-corrected chi connectivity index (χ0v) is 16.0. The minimum absolute atomic E-state index is 0.0495. The van der Waals surface area contributed by atoms with Gasteiger partial charge in [-0.25, -0.2) is 4.79 Å². The summed E-state index contributed by atoms with van der Waals surface area (Å²) < 4.78 is 0. The summed E-state index contributed by atoms with van der Waals surface area (Å²) >= 11 is 6.16. The van der Waals surface area contributed by atoms with Crippen molar-refractivity contribution in [3.63, 3.8) is 0 Å². The second-order valence-electron chi connectivity index (χ2n) is 7.69. The average molecular weight is 390 g/mol. The summed E-state index contributed by atoms with van der Waals surface area (Å²) in [6.07, 6.45) is 4.59. The van der Waals surface area contributed by atoms with E-state index in [1.165, 1.54) is 6.42 Å². The zero-order chi connectivity index (χ0) is 19.0. The molecule has 0 unspecified atom stereocenters. The van der Waals surface area contributed by atoms with E-state index in [1.807, 2.05) is 17.0 Å². The number of carboxylic acids is 1. The second-order valence-corrected chi connectivity index (χ2v) is 8.10. The van der Waals surface area contributed by atoms with Crippen molar-refractivity contribution in [2.75, 3.05) is 26.2 Å². The number of hydrogen-bond donors (Lipinski definition) is 1. The highest BCUT2D eigenvalue weighted by Crippen LogP contribution is 2.42. The van der Waals surface area contributed by atoms with E-state index in [2.05, 4.69) is 4.90 Å². The molecule has 0 bridgehead atoms. The van der Waals surface area contributed by atoms with Crippen molar-refractivity contribution in [2.24, 2.45) is 10.9 Å². The molecule has 4 rings (SSSR count). The molecule has 1 heterocycles. The van der Waals surface area contributed by atoms with Crippen LogP contribution in [0.5, 0.6) is 0 Å². The molecule has 0 aromatic heterocycles. The molecule has 6 nitrogen and oxygen atoms in total. The van der Waals surface area contributed by atoms with Crippen LogP contribution in [-0.4, -0.2) is 64.3 Å². The molecule has 3 aliphatic rings. The minimum atomic E-state index is -0.893. The van der Waals surface area contributed by atoms with Crippen LogP contribution in [0.4, 0.5) is 0 Å². The number of amidine groups is 1. The van der Waals surface area contributed by atoms with Crippen molar-refractivity contribution in [1.82, 2.24) is 9.80 Å². The molecule has 3 fully saturated rings. The van der Waals surface area contributed by atoms with Crippen LogP contribution in [0.15, 0.2) is 29.3 Å². The normalized spacial score (nSPS) is 22.3. The number of carboxylic acid groups (broad SMARTS) is 1. The molecule has 0 atom stereocenters. The van der Waals surface area contributed by atoms with Crippen molar-refractivity contribution in [3.8, 4) is 0 Å². The van der Waals surface area contributed by atoms with Gasteiger partial charge in [-0.15, -0.1) is 0 Å². The lowest BCUT2D eigenvalue weighted by Gasteiger charge is -2.41. The predicted molar refractivity (Wildman–Crippen MR) is 103 cm³/mol. The van der Waals surface area contributed by atoms with Gasteiger partial charge in [0.1, 0.15) is 5.84 Å². The van der Waals surface area contributed by atoms with Crippen molar-refractivity contribution in [2.45, 2.75) is 37.6 Å². The fourth-order valence-corrected chi connectivity index (χ4v) is 3.96. The topological polar surface area (TPSA) is 73.2 Å². The van der Waals surface area contributed by atoms with Crippen molar-refractivity contribution >= 4 is 29.3 Å². The standard InChI is InChI=1S/C20H24ClN3O3/c21-16-7-2-1-6-15(16)18(25)24-12-10-23(11-13-24)17(14-4-3-5-14)22-20(8-9-20)19(26)27/h1-2,6-7,14H,3-5,8-13H2,(H,26,27). The van der Waals surface area contributed by atoms with E-state index < -0.39 is 11.5 Å². The van der Waals surface area contributed by atoms with E-state index in [9.17, 15) is 14.7 Å². The first kappa shape index (κ1) is 18.3. The summed E-state index contributed by atoms with van der Waals surface area (Å²) in [5.41, 5.74) is -0.363. The summed E-state index contributed by atoms with van der Waals surface area (Å²) in [5.74, 6) is 0.456. The van der Waals surface area contributed by atoms with E-state index in [1.54, 1.807) is 12.1 Å². The van der Waals surface area contributed by atoms with E-state index in [0.29, 0.717) is 55.5 Å². The molecule has 1 saturated heterocycles. The average Bonchev–Trinajstić information content (AvgIpc) is 3.41. The first-order valence-corrected chi connectivity index (χ1v) is 10.00. The van der Waals surface area contributed by atoms with Crippen LogP contribution in [-0.2, 0) is 4.79 Å². The van der Waals surface area contributed by atoms with Gasteiger partial charge < -0.3 is 14.9 Å². The molecule has 1 aliphatic heterocycles. The van der Waals surface area contributed by atoms with Crippen LogP contribution in [0.25, 0.3) is 0 Å². The molecule has 1 aromatic rings. The summed E-state index contributed by atoms with van der Waals surface area (Å²) in [7, 11) is 0. The number of piperazine rings is 1. The van der Waals surface area contributed by atoms with E-state index in [-0.39, 0.29) is 5.91 Å². The number of carbonyl (C=O) groups is 2. The number of amides is 1. The largest absolute Gasteiger partial charge is 0.479 e. The summed E-state index contributed by atoms with van der Waals surface area (Å²) in [4.78, 5) is 33.1. The molecule has 0 spiro atoms. The fraction of sp³-hybridized carbons (Fsp3) is 0.550. The molecule has 1 amide bonds. The number of halogens is 1. The Morgan fingerprint density at radius 1 is 1.07 bits per heavy atom. The van der Waals surface area contributed by atoms with Gasteiger partial charge in [0.15, 0.2) is 5.54 Å². The first-order valence-electron chi connectivity index (χ1n) is 9.62. The zero-order valence-electron chi connectivity index (χ0n) is 15.2. The maximum atomic E-state index is 12.7. The molecule has 1 aromatic carbocycles. The highest BCUT2D eigenvalue weighted by Gasteiger charge is 2.51. The van der Waals surface area contributed by atoms with Gasteiger partial charge in [0.2, 0.25) is 0 Å². The Kier molecular flexibility index (Phi) is 4.84. The lowest BCUT2D eigenvalue weighted by Crippen LogP contribution is -2.53. The maximum absolute atomic E-state index is 12.7. The van der Waals surface area contributed by atoms with Gasteiger partial charge >= 0.3 is 5.97 Å². The van der Waals surface area contributed by atoms with Crippen molar-refractivity contribution in [1.29, 1.82) is 0 Å². The number of rotatable bonds is 4. The Balaban J connectivity index is 1.46. The van der Waals surface area contributed by atoms with Crippen LogP contribution in [0, 0.1) is 5.92 Å². The molecule has 0 radical (unpaired) electrons. The Hall–Kier alpha value is -2.08. The van der Waals surface area contributed by atoms with Gasteiger partial charge in [0.25, 0.3) is 5.91 Å². The molecular formula is C20H24ClN3O3. The lowest BCUT2D eigenvalue weighted by molar-refractivity contribution is -0.139. The van der Waals surface area contributed by atoms with E-state index in [0.717, 1.165) is 18.7 Å². The van der Waals surface area contributed by atoms with Gasteiger partial charge in [-0.1, -0.05) is 30.2 Å². The van der Waals surface area contributed by atoms with Gasteiger partial charge in [0, 0.05) is 32.1 Å². The Morgan fingerprint density at radius 3 is 2.22 bits per heavy atom. The number of carbonyl (C=O) groups excluding carboxylic acids is 1. The van der Waals surface area contributed by atoms with Crippen LogP contribution in [0.3, 0.4) is 0 Å². The smallest absolute Gasteiger partial charge is 0.331 e. The summed E-state index contributed by atoms with van der Waals surface area (Å²) in [6, 6.07) is 7.11. The lowest BCUT2D eigenvalue weighted by atomic mass is 9.83. The quantitative estimate of drug-likeness (QED) is 0.634. The highest BCUT2D eigenvalue weighted by atomic mass is 35.5. The molecular weight excluding hydrogens is 366 g/mol. The molecule has 144 valence electrons. The van der Waals surface area contributed by atoms with Crippen LogP contribution >= 0.6 is 11.6 Å². The number of aliphatic carboxylic acids is 1. The molecule has 2 saturated carbocycles. The Morgan fingerprint density at radius 2 is 1.70 bits per heavy atom. The number of aliphatic imine (C=N–C) groups is 1. The van der Waals surface area contributed by atoms with Gasteiger partial charge in [-0.2, -0.15) is 0 Å². The third-order valence-electron chi connectivity index (χ3n) is 5.92. The SMILES string of the molecule is O=C(c1ccccc1Cl)N1CCN(C(=NC2(C(=O)O)CC2)C2CCC2)CC1. The fourth-order valence-electron chi connectivity index (χ4n) is 3.74. The van der Waals surface area contributed by atoms with Crippen LogP contribution in [0.2, 0.25) is 5.02 Å². The Labute approximate surface area is 163 Å². The van der Waals surface area contributed by atoms with Crippen molar-refractivity contribution < 1.29 is 14.7 Å². The van der Waals surface area contributed by atoms with Crippen LogP contribution in [0.1, 0.15) is 42.5 Å². The number of benzene rings is 1. The van der Waals surface area contributed by atoms with E-state index >= 15 is 0 Å². The van der Waals surface area contributed by atoms with Gasteiger partial charge in [-0.05, 0) is 37.8 Å². The molecule has 27 heavy (non-hydrogen) atoms. The molecule has 2 aliphatic carbocycles. The highest BCUT2D eigenvalue weighted by molar-refractivity contribution is 6.33. The first-order chi connectivity index (χ1) is 13.0. The number of hydrogen-bond acceptors (Lipinski definition) is 3. The summed E-state index contributed by atoms with van der Waals surface area (Å²) in [6.45, 7) is 2.55. The second kappa shape index (κ2) is 7.15.